The summed E-state index contributed by atoms with van der Waals surface area (Å²) in [5.41, 5.74) is 5.04. The van der Waals surface area contributed by atoms with Crippen molar-refractivity contribution in [3.63, 3.8) is 0 Å². The molecular weight excluding hydrogens is 414 g/mol. The minimum Gasteiger partial charge on any atom is -0.315 e. The Morgan fingerprint density at radius 2 is 1.70 bits per heavy atom. The number of aryl methyl sites for hydroxylation is 2. The molecule has 7 heteroatoms. The Morgan fingerprint density at radius 1 is 1.00 bits per heavy atom. The number of carbonyl (C=O) groups is 1. The fourth-order valence-electron chi connectivity index (χ4n) is 4.87. The van der Waals surface area contributed by atoms with Crippen LogP contribution in [0.4, 0.5) is 5.69 Å². The van der Waals surface area contributed by atoms with Crippen LogP contribution in [0.3, 0.4) is 0 Å². The van der Waals surface area contributed by atoms with Crippen LogP contribution in [0.2, 0.25) is 0 Å². The number of hydrogen-bond donors (Lipinski definition) is 0. The van der Waals surface area contributed by atoms with Crippen LogP contribution in [0.1, 0.15) is 43.6 Å². The van der Waals surface area contributed by atoms with Gasteiger partial charge in [-0.1, -0.05) is 30.3 Å². The Kier molecular flexibility index (Phi) is 4.57. The van der Waals surface area contributed by atoms with Crippen LogP contribution in [-0.4, -0.2) is 32.1 Å². The molecule has 2 aromatic heterocycles. The van der Waals surface area contributed by atoms with Crippen LogP contribution in [0, 0.1) is 6.92 Å². The summed E-state index contributed by atoms with van der Waals surface area (Å²) in [7, 11) is 3.55. The van der Waals surface area contributed by atoms with Crippen molar-refractivity contribution in [3.8, 4) is 11.5 Å². The topological polar surface area (TPSA) is 73.0 Å². The maximum absolute atomic E-state index is 12.9. The van der Waals surface area contributed by atoms with Crippen molar-refractivity contribution < 1.29 is 4.79 Å². The number of aromatic nitrogens is 4. The Labute approximate surface area is 192 Å². The fourth-order valence-corrected chi connectivity index (χ4v) is 4.87. The van der Waals surface area contributed by atoms with E-state index in [-0.39, 0.29) is 17.5 Å². The van der Waals surface area contributed by atoms with Gasteiger partial charge in [0.1, 0.15) is 11.4 Å². The molecule has 2 aromatic carbocycles. The van der Waals surface area contributed by atoms with Crippen molar-refractivity contribution in [1.29, 1.82) is 0 Å². The quantitative estimate of drug-likeness (QED) is 0.482. The highest BCUT2D eigenvalue weighted by molar-refractivity contribution is 6.09. The van der Waals surface area contributed by atoms with Gasteiger partial charge in [-0.15, -0.1) is 0 Å². The van der Waals surface area contributed by atoms with Gasteiger partial charge >= 0.3 is 0 Å². The highest BCUT2D eigenvalue weighted by Crippen LogP contribution is 2.44. The van der Waals surface area contributed by atoms with Gasteiger partial charge in [0, 0.05) is 26.0 Å². The van der Waals surface area contributed by atoms with Crippen molar-refractivity contribution in [3.05, 3.63) is 75.8 Å². The molecule has 0 saturated heterocycles. The third kappa shape index (κ3) is 3.03. The molecule has 5 rings (SSSR count). The minimum atomic E-state index is -0.612. The molecular formula is C26H27N5O2. The summed E-state index contributed by atoms with van der Waals surface area (Å²) in [6.07, 6.45) is 1.73. The monoisotopic (exact) mass is 441 g/mol. The summed E-state index contributed by atoms with van der Waals surface area (Å²) >= 11 is 0. The maximum atomic E-state index is 12.9. The number of likely N-dealkylation sites (N-methyl/N-ethyl adjacent to an activating group) is 1. The van der Waals surface area contributed by atoms with Crippen LogP contribution in [-0.2, 0) is 17.3 Å². The molecule has 0 radical (unpaired) electrons. The Balaban J connectivity index is 1.84. The number of nitrogens with zero attached hydrogens (tertiary/aromatic N) is 5. The molecule has 3 heterocycles. The number of hydrogen-bond acceptors (Lipinski definition) is 4. The molecule has 1 amide bonds. The number of benzene rings is 2. The highest BCUT2D eigenvalue weighted by atomic mass is 16.2. The van der Waals surface area contributed by atoms with E-state index in [4.69, 9.17) is 4.98 Å². The standard InChI is InChI=1S/C26H27N5O2/c1-15-24(32)29(5)14-20(27-15)23-28-19-12-18-21(30(6)25(33)26(18,3)4)13-22(19)31(23)16(2)17-10-8-7-9-11-17/h7-14,16H,1-6H3. The third-order valence-corrected chi connectivity index (χ3v) is 6.81. The molecule has 4 aromatic rings. The van der Waals surface area contributed by atoms with Crippen LogP contribution in [0.5, 0.6) is 0 Å². The second kappa shape index (κ2) is 7.13. The maximum Gasteiger partial charge on any atom is 0.271 e. The van der Waals surface area contributed by atoms with Gasteiger partial charge < -0.3 is 14.0 Å². The molecule has 0 saturated carbocycles. The van der Waals surface area contributed by atoms with Gasteiger partial charge in [0.15, 0.2) is 5.82 Å². The SMILES string of the molecule is Cc1nc(-c2nc3cc4c(cc3n2C(C)c2ccccc2)N(C)C(=O)C4(C)C)cn(C)c1=O. The largest absolute Gasteiger partial charge is 0.315 e. The molecule has 1 unspecified atom stereocenters. The molecule has 0 fully saturated rings. The number of rotatable bonds is 3. The first-order chi connectivity index (χ1) is 15.6. The van der Waals surface area contributed by atoms with Gasteiger partial charge in [0.25, 0.3) is 5.56 Å². The lowest BCUT2D eigenvalue weighted by atomic mass is 9.86. The van der Waals surface area contributed by atoms with Gasteiger partial charge in [-0.25, -0.2) is 9.97 Å². The van der Waals surface area contributed by atoms with Crippen molar-refractivity contribution in [2.24, 2.45) is 7.05 Å². The number of imidazole rings is 1. The molecule has 0 spiro atoms. The second-order valence-electron chi connectivity index (χ2n) is 9.37. The average Bonchev–Trinajstić information content (AvgIpc) is 3.25. The summed E-state index contributed by atoms with van der Waals surface area (Å²) in [4.78, 5) is 36.5. The molecule has 1 aliphatic rings. The number of carbonyl (C=O) groups excluding carboxylic acids is 1. The molecule has 1 aliphatic heterocycles. The Morgan fingerprint density at radius 3 is 2.36 bits per heavy atom. The zero-order chi connectivity index (χ0) is 23.7. The van der Waals surface area contributed by atoms with Crippen LogP contribution >= 0.6 is 0 Å². The fraction of sp³-hybridized carbons (Fsp3) is 0.308. The smallest absolute Gasteiger partial charge is 0.271 e. The van der Waals surface area contributed by atoms with Crippen LogP contribution in [0.25, 0.3) is 22.6 Å². The van der Waals surface area contributed by atoms with Crippen molar-refractivity contribution >= 4 is 22.6 Å². The van der Waals surface area contributed by atoms with E-state index in [1.54, 1.807) is 29.6 Å². The van der Waals surface area contributed by atoms with E-state index in [0.717, 1.165) is 27.8 Å². The predicted octanol–water partition coefficient (Wildman–Crippen LogP) is 3.97. The van der Waals surface area contributed by atoms with Gasteiger partial charge in [0.2, 0.25) is 5.91 Å². The zero-order valence-corrected chi connectivity index (χ0v) is 19.7. The second-order valence-corrected chi connectivity index (χ2v) is 9.37. The molecule has 168 valence electrons. The number of amides is 1. The lowest BCUT2D eigenvalue weighted by Crippen LogP contribution is -2.33. The Hall–Kier alpha value is -3.74. The summed E-state index contributed by atoms with van der Waals surface area (Å²) in [6, 6.07) is 14.3. The highest BCUT2D eigenvalue weighted by Gasteiger charge is 2.43. The van der Waals surface area contributed by atoms with Gasteiger partial charge in [-0.3, -0.25) is 9.59 Å². The normalized spacial score (nSPS) is 15.8. The summed E-state index contributed by atoms with van der Waals surface area (Å²) < 4.78 is 3.70. The predicted molar refractivity (Wildman–Crippen MR) is 130 cm³/mol. The van der Waals surface area contributed by atoms with Gasteiger partial charge in [-0.2, -0.15) is 0 Å². The van der Waals surface area contributed by atoms with E-state index in [1.807, 2.05) is 45.2 Å². The van der Waals surface area contributed by atoms with E-state index in [9.17, 15) is 9.59 Å². The minimum absolute atomic E-state index is 0.0426. The molecule has 33 heavy (non-hydrogen) atoms. The van der Waals surface area contributed by atoms with Crippen LogP contribution < -0.4 is 10.5 Å². The lowest BCUT2D eigenvalue weighted by Gasteiger charge is -2.19. The number of fused-ring (bicyclic) bond motifs is 2. The Bertz CT molecular complexity index is 1450. The van der Waals surface area contributed by atoms with Crippen molar-refractivity contribution in [2.75, 3.05) is 11.9 Å². The zero-order valence-electron chi connectivity index (χ0n) is 19.7. The molecule has 7 nitrogen and oxygen atoms in total. The third-order valence-electron chi connectivity index (χ3n) is 6.81. The van der Waals surface area contributed by atoms with Crippen molar-refractivity contribution in [1.82, 2.24) is 19.1 Å². The van der Waals surface area contributed by atoms with Gasteiger partial charge in [-0.05, 0) is 51.0 Å². The van der Waals surface area contributed by atoms with E-state index < -0.39 is 5.41 Å². The van der Waals surface area contributed by atoms with E-state index in [1.165, 1.54) is 0 Å². The first kappa shape index (κ1) is 21.1. The molecule has 0 bridgehead atoms. The molecule has 0 aliphatic carbocycles. The first-order valence-corrected chi connectivity index (χ1v) is 11.1. The summed E-state index contributed by atoms with van der Waals surface area (Å²) in [6.45, 7) is 7.75. The van der Waals surface area contributed by atoms with Crippen LogP contribution in [0.15, 0.2) is 53.5 Å². The van der Waals surface area contributed by atoms with E-state index in [0.29, 0.717) is 17.2 Å². The van der Waals surface area contributed by atoms with E-state index >= 15 is 0 Å². The van der Waals surface area contributed by atoms with Crippen molar-refractivity contribution in [2.45, 2.75) is 39.2 Å². The summed E-state index contributed by atoms with van der Waals surface area (Å²) in [5, 5.41) is 0. The number of anilines is 1. The van der Waals surface area contributed by atoms with Gasteiger partial charge in [0.05, 0.1) is 22.5 Å². The average molecular weight is 442 g/mol. The molecule has 1 atom stereocenters. The first-order valence-electron chi connectivity index (χ1n) is 11.1. The molecule has 0 N–H and O–H groups in total. The lowest BCUT2D eigenvalue weighted by molar-refractivity contribution is -0.121. The summed E-state index contributed by atoms with van der Waals surface area (Å²) in [5.74, 6) is 0.763. The van der Waals surface area contributed by atoms with E-state index in [2.05, 4.69) is 34.7 Å².